The molecule has 0 spiro atoms. The molecule has 0 radical (unpaired) electrons. The van der Waals surface area contributed by atoms with E-state index in [1.54, 1.807) is 12.4 Å². The summed E-state index contributed by atoms with van der Waals surface area (Å²) < 4.78 is 0. The number of rotatable bonds is 7. The number of pyridine rings is 1. The molecule has 0 aliphatic rings. The second kappa shape index (κ2) is 7.93. The fourth-order valence-electron chi connectivity index (χ4n) is 2.29. The number of hydrogen-bond donors (Lipinski definition) is 3. The number of benzene rings is 1. The summed E-state index contributed by atoms with van der Waals surface area (Å²) in [6.45, 7) is 4.69. The van der Waals surface area contributed by atoms with Crippen LogP contribution in [0.3, 0.4) is 0 Å². The third kappa shape index (κ3) is 4.77. The first kappa shape index (κ1) is 17.8. The van der Waals surface area contributed by atoms with Gasteiger partial charge in [-0.3, -0.25) is 4.98 Å². The normalized spacial score (nSPS) is 11.2. The van der Waals surface area contributed by atoms with Crippen LogP contribution in [-0.4, -0.2) is 33.2 Å². The maximum absolute atomic E-state index is 9.46. The van der Waals surface area contributed by atoms with Gasteiger partial charge in [-0.25, -0.2) is 9.97 Å². The van der Waals surface area contributed by atoms with Crippen LogP contribution in [0, 0.1) is 5.41 Å². The van der Waals surface area contributed by atoms with Crippen molar-refractivity contribution in [1.82, 2.24) is 15.0 Å². The van der Waals surface area contributed by atoms with E-state index in [1.807, 2.05) is 62.4 Å². The molecule has 134 valence electrons. The topological polar surface area (TPSA) is 83.0 Å². The number of aromatic nitrogens is 3. The predicted molar refractivity (Wildman–Crippen MR) is 104 cm³/mol. The molecule has 0 amide bonds. The van der Waals surface area contributed by atoms with Crippen LogP contribution in [0.25, 0.3) is 11.4 Å². The lowest BCUT2D eigenvalue weighted by atomic mass is 9.95. The Kier molecular flexibility index (Phi) is 5.43. The zero-order valence-corrected chi connectivity index (χ0v) is 15.0. The highest BCUT2D eigenvalue weighted by atomic mass is 16.3. The van der Waals surface area contributed by atoms with Gasteiger partial charge < -0.3 is 15.7 Å². The molecule has 0 saturated carbocycles. The maximum atomic E-state index is 9.46. The lowest BCUT2D eigenvalue weighted by Crippen LogP contribution is -2.27. The van der Waals surface area contributed by atoms with Crippen LogP contribution in [0.2, 0.25) is 0 Å². The van der Waals surface area contributed by atoms with Crippen molar-refractivity contribution in [2.75, 3.05) is 23.8 Å². The second-order valence-corrected chi connectivity index (χ2v) is 6.86. The number of aliphatic hydroxyl groups is 1. The molecule has 3 aromatic rings. The Morgan fingerprint density at radius 3 is 2.35 bits per heavy atom. The molecular weight excluding hydrogens is 326 g/mol. The number of nitrogens with zero attached hydrogens (tertiary/aromatic N) is 3. The summed E-state index contributed by atoms with van der Waals surface area (Å²) in [7, 11) is 0. The molecule has 1 aromatic carbocycles. The third-order valence-electron chi connectivity index (χ3n) is 3.89. The van der Waals surface area contributed by atoms with Crippen molar-refractivity contribution in [2.24, 2.45) is 5.41 Å². The highest BCUT2D eigenvalue weighted by molar-refractivity contribution is 5.64. The number of anilines is 3. The SMILES string of the molecule is CC(C)(CO)CNc1cc(Nc2ccncc2)nc(-c2ccccc2)n1. The third-order valence-corrected chi connectivity index (χ3v) is 3.89. The number of aliphatic hydroxyl groups excluding tert-OH is 1. The zero-order valence-electron chi connectivity index (χ0n) is 15.0. The Bertz CT molecular complexity index is 837. The second-order valence-electron chi connectivity index (χ2n) is 6.86. The van der Waals surface area contributed by atoms with Gasteiger partial charge in [-0.05, 0) is 12.1 Å². The minimum Gasteiger partial charge on any atom is -0.396 e. The van der Waals surface area contributed by atoms with E-state index >= 15 is 0 Å². The van der Waals surface area contributed by atoms with Gasteiger partial charge in [-0.15, -0.1) is 0 Å². The van der Waals surface area contributed by atoms with Gasteiger partial charge in [0.15, 0.2) is 5.82 Å². The lowest BCUT2D eigenvalue weighted by molar-refractivity contribution is 0.170. The Hall–Kier alpha value is -2.99. The molecule has 26 heavy (non-hydrogen) atoms. The molecule has 0 atom stereocenters. The molecule has 0 aliphatic carbocycles. The van der Waals surface area contributed by atoms with Gasteiger partial charge in [0.1, 0.15) is 11.6 Å². The molecule has 0 unspecified atom stereocenters. The molecule has 0 fully saturated rings. The Labute approximate surface area is 153 Å². The molecule has 3 N–H and O–H groups in total. The average molecular weight is 349 g/mol. The van der Waals surface area contributed by atoms with Crippen LogP contribution < -0.4 is 10.6 Å². The van der Waals surface area contributed by atoms with Crippen LogP contribution in [0.1, 0.15) is 13.8 Å². The summed E-state index contributed by atoms with van der Waals surface area (Å²) in [5.41, 5.74) is 1.60. The van der Waals surface area contributed by atoms with Gasteiger partial charge in [-0.2, -0.15) is 0 Å². The molecule has 6 nitrogen and oxygen atoms in total. The van der Waals surface area contributed by atoms with Gasteiger partial charge in [-0.1, -0.05) is 44.2 Å². The lowest BCUT2D eigenvalue weighted by Gasteiger charge is -2.22. The highest BCUT2D eigenvalue weighted by Crippen LogP contribution is 2.23. The van der Waals surface area contributed by atoms with Gasteiger partial charge in [0.25, 0.3) is 0 Å². The van der Waals surface area contributed by atoms with Crippen LogP contribution >= 0.6 is 0 Å². The smallest absolute Gasteiger partial charge is 0.163 e. The Morgan fingerprint density at radius 2 is 1.65 bits per heavy atom. The number of hydrogen-bond acceptors (Lipinski definition) is 6. The quantitative estimate of drug-likeness (QED) is 0.603. The summed E-state index contributed by atoms with van der Waals surface area (Å²) in [5.74, 6) is 2.03. The van der Waals surface area contributed by atoms with E-state index in [0.29, 0.717) is 24.0 Å². The molecule has 2 heterocycles. The fraction of sp³-hybridized carbons (Fsp3) is 0.250. The summed E-state index contributed by atoms with van der Waals surface area (Å²) >= 11 is 0. The van der Waals surface area contributed by atoms with E-state index in [1.165, 1.54) is 0 Å². The summed E-state index contributed by atoms with van der Waals surface area (Å²) in [5, 5.41) is 16.1. The van der Waals surface area contributed by atoms with E-state index in [0.717, 1.165) is 11.3 Å². The molecule has 6 heteroatoms. The molecule has 2 aromatic heterocycles. The van der Waals surface area contributed by atoms with Crippen molar-refractivity contribution < 1.29 is 5.11 Å². The van der Waals surface area contributed by atoms with Crippen molar-refractivity contribution in [3.63, 3.8) is 0 Å². The van der Waals surface area contributed by atoms with Crippen LogP contribution in [0.15, 0.2) is 60.9 Å². The standard InChI is InChI=1S/C20H23N5O/c1-20(2,14-26)13-22-17-12-18(23-16-8-10-21-11-9-16)25-19(24-17)15-6-4-3-5-7-15/h3-12,26H,13-14H2,1-2H3,(H2,21,22,23,24,25). The molecule has 0 aliphatic heterocycles. The highest BCUT2D eigenvalue weighted by Gasteiger charge is 2.17. The first-order valence-electron chi connectivity index (χ1n) is 8.52. The van der Waals surface area contributed by atoms with Gasteiger partial charge in [0, 0.05) is 48.3 Å². The van der Waals surface area contributed by atoms with E-state index in [9.17, 15) is 5.11 Å². The van der Waals surface area contributed by atoms with Crippen molar-refractivity contribution >= 4 is 17.3 Å². The molecular formula is C20H23N5O. The minimum absolute atomic E-state index is 0.0960. The van der Waals surface area contributed by atoms with Crippen molar-refractivity contribution in [1.29, 1.82) is 0 Å². The van der Waals surface area contributed by atoms with Crippen molar-refractivity contribution in [2.45, 2.75) is 13.8 Å². The van der Waals surface area contributed by atoms with Gasteiger partial charge in [0.05, 0.1) is 0 Å². The van der Waals surface area contributed by atoms with Crippen LogP contribution in [0.5, 0.6) is 0 Å². The summed E-state index contributed by atoms with van der Waals surface area (Å²) in [6, 6.07) is 15.5. The first-order valence-corrected chi connectivity index (χ1v) is 8.52. The fourth-order valence-corrected chi connectivity index (χ4v) is 2.29. The molecule has 0 bridgehead atoms. The summed E-state index contributed by atoms with van der Waals surface area (Å²) in [6.07, 6.45) is 3.45. The largest absolute Gasteiger partial charge is 0.396 e. The van der Waals surface area contributed by atoms with Crippen LogP contribution in [-0.2, 0) is 0 Å². The van der Waals surface area contributed by atoms with Gasteiger partial charge >= 0.3 is 0 Å². The summed E-state index contributed by atoms with van der Waals surface area (Å²) in [4.78, 5) is 13.3. The van der Waals surface area contributed by atoms with Crippen molar-refractivity contribution in [3.8, 4) is 11.4 Å². The van der Waals surface area contributed by atoms with E-state index in [2.05, 4.69) is 25.6 Å². The maximum Gasteiger partial charge on any atom is 0.163 e. The molecule has 0 saturated heterocycles. The van der Waals surface area contributed by atoms with Gasteiger partial charge in [0.2, 0.25) is 0 Å². The monoisotopic (exact) mass is 349 g/mol. The van der Waals surface area contributed by atoms with E-state index < -0.39 is 0 Å². The predicted octanol–water partition coefficient (Wildman–Crippen LogP) is 3.71. The van der Waals surface area contributed by atoms with E-state index in [-0.39, 0.29) is 12.0 Å². The minimum atomic E-state index is -0.240. The van der Waals surface area contributed by atoms with Crippen LogP contribution in [0.4, 0.5) is 17.3 Å². The first-order chi connectivity index (χ1) is 12.6. The average Bonchev–Trinajstić information content (AvgIpc) is 2.68. The Morgan fingerprint density at radius 1 is 0.962 bits per heavy atom. The molecule has 3 rings (SSSR count). The number of nitrogens with one attached hydrogen (secondary N) is 2. The zero-order chi connectivity index (χ0) is 18.4. The van der Waals surface area contributed by atoms with Crippen molar-refractivity contribution in [3.05, 3.63) is 60.9 Å². The Balaban J connectivity index is 1.91. The van der Waals surface area contributed by atoms with E-state index in [4.69, 9.17) is 0 Å².